The summed E-state index contributed by atoms with van der Waals surface area (Å²) in [4.78, 5) is 0. The van der Waals surface area contributed by atoms with E-state index in [1.165, 1.54) is 29.3 Å². The van der Waals surface area contributed by atoms with Crippen LogP contribution in [0.3, 0.4) is 0 Å². The fourth-order valence-electron chi connectivity index (χ4n) is 5.45. The van der Waals surface area contributed by atoms with Crippen molar-refractivity contribution in [2.45, 2.75) is 25.5 Å². The summed E-state index contributed by atoms with van der Waals surface area (Å²) in [6.45, 7) is -0.189. The van der Waals surface area contributed by atoms with Crippen LogP contribution in [0.25, 0.3) is 10.9 Å². The van der Waals surface area contributed by atoms with Gasteiger partial charge in [-0.3, -0.25) is 0 Å². The summed E-state index contributed by atoms with van der Waals surface area (Å²) in [6, 6.07) is 10.8. The molecule has 5 rings (SSSR count). The number of pyridine rings is 1. The van der Waals surface area contributed by atoms with Crippen LogP contribution >= 0.6 is 0 Å². The van der Waals surface area contributed by atoms with E-state index in [2.05, 4.69) is 47.1 Å². The molecule has 1 fully saturated rings. The summed E-state index contributed by atoms with van der Waals surface area (Å²) in [5.74, 6) is 2.43. The van der Waals surface area contributed by atoms with E-state index in [1.807, 2.05) is 0 Å². The second-order valence-corrected chi connectivity index (χ2v) is 7.62. The zero-order chi connectivity index (χ0) is 15.4. The molecule has 23 heavy (non-hydrogen) atoms. The Balaban J connectivity index is 1.58. The molecule has 2 bridgehead atoms. The standard InChI is InChI=1S/C19H22BNO2/c1-22-13-16-9-14-8-15(10-16)12-20(11-14)21-7-3-5-17-4-2-6-18(23-20)19(17)21/h2-7,9,14-15H,8,10-13H2,1H3/t14-,15+,20?/m1/s1. The number of rotatable bonds is 2. The molecule has 3 nitrogen and oxygen atoms in total. The lowest BCUT2D eigenvalue weighted by molar-refractivity contribution is -0.524. The summed E-state index contributed by atoms with van der Waals surface area (Å²) in [5.41, 5.74) is 2.77. The zero-order valence-corrected chi connectivity index (χ0v) is 13.6. The van der Waals surface area contributed by atoms with E-state index < -0.39 is 6.48 Å². The van der Waals surface area contributed by atoms with Gasteiger partial charge in [0.1, 0.15) is 11.9 Å². The first-order valence-electron chi connectivity index (χ1n) is 8.76. The van der Waals surface area contributed by atoms with Crippen LogP contribution in [-0.4, -0.2) is 20.2 Å². The largest absolute Gasteiger partial charge is 0.654 e. The molecule has 1 saturated heterocycles. The van der Waals surface area contributed by atoms with Crippen molar-refractivity contribution in [3.05, 3.63) is 48.2 Å². The molecule has 4 heteroatoms. The van der Waals surface area contributed by atoms with Crippen molar-refractivity contribution in [3.63, 3.8) is 0 Å². The van der Waals surface area contributed by atoms with E-state index in [4.69, 9.17) is 9.39 Å². The minimum Gasteiger partial charge on any atom is -0.654 e. The molecule has 0 amide bonds. The number of ether oxygens (including phenoxy) is 1. The first kappa shape index (κ1) is 13.6. The van der Waals surface area contributed by atoms with Crippen molar-refractivity contribution in [1.29, 1.82) is 0 Å². The summed E-state index contributed by atoms with van der Waals surface area (Å²) in [7, 11) is 1.80. The lowest BCUT2D eigenvalue weighted by Crippen LogP contribution is -2.68. The summed E-state index contributed by atoms with van der Waals surface area (Å²) in [6.07, 6.45) is 9.48. The average Bonchev–Trinajstić information content (AvgIpc) is 2.82. The van der Waals surface area contributed by atoms with Crippen LogP contribution in [0.4, 0.5) is 0 Å². The van der Waals surface area contributed by atoms with Gasteiger partial charge in [-0.25, -0.2) is 0 Å². The van der Waals surface area contributed by atoms with Crippen LogP contribution in [0.5, 0.6) is 5.75 Å². The minimum absolute atomic E-state index is 0.629. The van der Waals surface area contributed by atoms with Gasteiger partial charge in [-0.2, -0.15) is 0 Å². The molecule has 1 unspecified atom stereocenters. The van der Waals surface area contributed by atoms with Gasteiger partial charge in [0.25, 0.3) is 0 Å². The lowest BCUT2D eigenvalue weighted by Gasteiger charge is -2.44. The van der Waals surface area contributed by atoms with Gasteiger partial charge in [-0.15, -0.1) is 0 Å². The Kier molecular flexibility index (Phi) is 2.87. The van der Waals surface area contributed by atoms with Gasteiger partial charge >= 0.3 is 6.48 Å². The maximum absolute atomic E-state index is 6.65. The Morgan fingerprint density at radius 2 is 2.17 bits per heavy atom. The lowest BCUT2D eigenvalue weighted by atomic mass is 9.37. The highest BCUT2D eigenvalue weighted by Gasteiger charge is 2.53. The molecular weight excluding hydrogens is 285 g/mol. The third kappa shape index (κ3) is 1.97. The Labute approximate surface area is 136 Å². The zero-order valence-electron chi connectivity index (χ0n) is 13.6. The molecule has 3 heterocycles. The first-order valence-corrected chi connectivity index (χ1v) is 8.76. The summed E-state index contributed by atoms with van der Waals surface area (Å²) >= 11 is 0. The molecule has 1 aromatic carbocycles. The van der Waals surface area contributed by atoms with E-state index in [-0.39, 0.29) is 0 Å². The third-order valence-electron chi connectivity index (χ3n) is 6.02. The smallest absolute Gasteiger partial charge is 0.457 e. The Morgan fingerprint density at radius 3 is 3.04 bits per heavy atom. The number of hydrogen-bond donors (Lipinski definition) is 0. The Bertz CT molecular complexity index is 813. The number of fused-ring (bicyclic) bond motifs is 3. The molecule has 2 aliphatic heterocycles. The van der Waals surface area contributed by atoms with Crippen LogP contribution in [0.1, 0.15) is 12.8 Å². The molecule has 3 aliphatic rings. The molecule has 1 spiro atoms. The minimum atomic E-state index is -0.977. The second-order valence-electron chi connectivity index (χ2n) is 7.62. The normalized spacial score (nSPS) is 31.3. The number of benzene rings is 1. The van der Waals surface area contributed by atoms with E-state index in [0.717, 1.165) is 30.9 Å². The molecule has 0 N–H and O–H groups in total. The van der Waals surface area contributed by atoms with E-state index in [9.17, 15) is 0 Å². The molecule has 0 saturated carbocycles. The predicted molar refractivity (Wildman–Crippen MR) is 91.7 cm³/mol. The van der Waals surface area contributed by atoms with Crippen LogP contribution in [0, 0.1) is 11.8 Å². The number of aromatic nitrogens is 1. The monoisotopic (exact) mass is 307 g/mol. The van der Waals surface area contributed by atoms with Crippen molar-refractivity contribution in [3.8, 4) is 5.75 Å². The number of hydrogen-bond acceptors (Lipinski definition) is 2. The Morgan fingerprint density at radius 1 is 1.26 bits per heavy atom. The SMILES string of the molecule is COCC1=C[C@H]2C[C@@H](C1)C[B-]1(C2)Oc2cccc3ccc[n+]1c23. The van der Waals surface area contributed by atoms with Crippen LogP contribution in [0.15, 0.2) is 48.2 Å². The predicted octanol–water partition coefficient (Wildman–Crippen LogP) is 3.42. The molecule has 1 aliphatic carbocycles. The van der Waals surface area contributed by atoms with Crippen molar-refractivity contribution in [2.75, 3.05) is 13.7 Å². The second kappa shape index (κ2) is 4.84. The number of allylic oxidation sites excluding steroid dienone is 1. The fraction of sp³-hybridized carbons (Fsp3) is 0.421. The van der Waals surface area contributed by atoms with Crippen molar-refractivity contribution >= 4 is 17.4 Å². The molecular formula is C19H22BNO2. The maximum Gasteiger partial charge on any atom is 0.457 e. The van der Waals surface area contributed by atoms with Crippen molar-refractivity contribution < 1.29 is 13.9 Å². The third-order valence-corrected chi connectivity index (χ3v) is 6.02. The van der Waals surface area contributed by atoms with Crippen LogP contribution in [0.2, 0.25) is 12.6 Å². The molecule has 3 atom stereocenters. The quantitative estimate of drug-likeness (QED) is 0.626. The Hall–Kier alpha value is -1.81. The van der Waals surface area contributed by atoms with E-state index >= 15 is 0 Å². The van der Waals surface area contributed by atoms with Crippen molar-refractivity contribution in [1.82, 2.24) is 0 Å². The van der Waals surface area contributed by atoms with Gasteiger partial charge in [0.15, 0.2) is 0 Å². The summed E-state index contributed by atoms with van der Waals surface area (Å²) < 4.78 is 14.5. The van der Waals surface area contributed by atoms with Gasteiger partial charge in [0.2, 0.25) is 5.52 Å². The average molecular weight is 307 g/mol. The number of nitrogens with zero attached hydrogens (tertiary/aromatic N) is 1. The van der Waals surface area contributed by atoms with Gasteiger partial charge in [-0.05, 0) is 48.6 Å². The summed E-state index contributed by atoms with van der Waals surface area (Å²) in [5, 5.41) is 1.29. The van der Waals surface area contributed by atoms with Gasteiger partial charge < -0.3 is 13.9 Å². The topological polar surface area (TPSA) is 22.3 Å². The van der Waals surface area contributed by atoms with E-state index in [0.29, 0.717) is 5.92 Å². The highest BCUT2D eigenvalue weighted by molar-refractivity contribution is 6.67. The molecule has 1 aromatic heterocycles. The molecule has 0 radical (unpaired) electrons. The maximum atomic E-state index is 6.65. The van der Waals surface area contributed by atoms with Crippen molar-refractivity contribution in [2.24, 2.45) is 11.8 Å². The van der Waals surface area contributed by atoms with E-state index in [1.54, 1.807) is 7.11 Å². The molecule has 2 aromatic rings. The number of methoxy groups -OCH3 is 1. The van der Waals surface area contributed by atoms with Gasteiger partial charge in [0.05, 0.1) is 6.61 Å². The fourth-order valence-corrected chi connectivity index (χ4v) is 5.45. The van der Waals surface area contributed by atoms with Crippen LogP contribution in [-0.2, 0) is 4.74 Å². The van der Waals surface area contributed by atoms with Gasteiger partial charge in [-0.1, -0.05) is 30.7 Å². The first-order chi connectivity index (χ1) is 11.3. The highest BCUT2D eigenvalue weighted by atomic mass is 16.5. The van der Waals surface area contributed by atoms with Gasteiger partial charge in [0, 0.05) is 12.5 Å². The van der Waals surface area contributed by atoms with Crippen LogP contribution < -0.4 is 9.13 Å². The number of para-hydroxylation sites is 1. The highest BCUT2D eigenvalue weighted by Crippen LogP contribution is 2.46. The molecule has 118 valence electrons.